The van der Waals surface area contributed by atoms with Gasteiger partial charge in [-0.15, -0.1) is 0 Å². The molecule has 6 nitrogen and oxygen atoms in total. The summed E-state index contributed by atoms with van der Waals surface area (Å²) in [6.45, 7) is 6.22. The number of halogens is 2. The van der Waals surface area contributed by atoms with Crippen LogP contribution in [0.5, 0.6) is 0 Å². The number of likely N-dealkylation sites (N-methyl/N-ethyl adjacent to an activating group) is 1. The van der Waals surface area contributed by atoms with E-state index in [0.29, 0.717) is 45.3 Å². The molecule has 0 saturated carbocycles. The summed E-state index contributed by atoms with van der Waals surface area (Å²) in [5.74, 6) is -0.794. The van der Waals surface area contributed by atoms with Crippen molar-refractivity contribution in [3.05, 3.63) is 63.8 Å². The van der Waals surface area contributed by atoms with E-state index < -0.39 is 18.1 Å². The second kappa shape index (κ2) is 9.84. The molecule has 2 N–H and O–H groups in total. The number of nitrogens with zero attached hydrogens (tertiary/aromatic N) is 2. The lowest BCUT2D eigenvalue weighted by Crippen LogP contribution is -2.42. The lowest BCUT2D eigenvalue weighted by atomic mass is 10.00. The SMILES string of the molecule is CCN(c1c(Cc2cc(Cl)cc(Cl)c2)n(C(=O)O)c2ccccc12)C(CC(C)C)C(=O)O. The lowest BCUT2D eigenvalue weighted by molar-refractivity contribution is -0.139. The van der Waals surface area contributed by atoms with Gasteiger partial charge in [-0.2, -0.15) is 0 Å². The molecular weight excluding hydrogens is 451 g/mol. The highest BCUT2D eigenvalue weighted by molar-refractivity contribution is 6.34. The summed E-state index contributed by atoms with van der Waals surface area (Å²) in [6.07, 6.45) is -0.485. The smallest absolute Gasteiger partial charge is 0.416 e. The molecule has 0 amide bonds. The van der Waals surface area contributed by atoms with Crippen LogP contribution < -0.4 is 4.90 Å². The number of fused-ring (bicyclic) bond motifs is 1. The number of aromatic nitrogens is 1. The maximum atomic E-state index is 12.3. The minimum Gasteiger partial charge on any atom is -0.480 e. The lowest BCUT2D eigenvalue weighted by Gasteiger charge is -2.32. The first kappa shape index (κ1) is 24.0. The molecule has 170 valence electrons. The number of aliphatic carboxylic acids is 1. The van der Waals surface area contributed by atoms with Gasteiger partial charge < -0.3 is 15.1 Å². The number of carboxylic acid groups (broad SMARTS) is 2. The third-order valence-corrected chi connectivity index (χ3v) is 5.85. The van der Waals surface area contributed by atoms with Crippen molar-refractivity contribution in [3.63, 3.8) is 0 Å². The van der Waals surface area contributed by atoms with Crippen molar-refractivity contribution in [3.8, 4) is 0 Å². The van der Waals surface area contributed by atoms with Crippen molar-refractivity contribution in [2.45, 2.75) is 39.7 Å². The van der Waals surface area contributed by atoms with Gasteiger partial charge in [0.15, 0.2) is 0 Å². The number of benzene rings is 2. The summed E-state index contributed by atoms with van der Waals surface area (Å²) in [5, 5.41) is 21.7. The van der Waals surface area contributed by atoms with Gasteiger partial charge in [-0.3, -0.25) is 0 Å². The molecule has 1 aromatic heterocycles. The summed E-state index contributed by atoms with van der Waals surface area (Å²) in [7, 11) is 0. The second-order valence-corrected chi connectivity index (χ2v) is 9.03. The van der Waals surface area contributed by atoms with Crippen LogP contribution in [0.3, 0.4) is 0 Å². The monoisotopic (exact) mass is 476 g/mol. The van der Waals surface area contributed by atoms with Gasteiger partial charge in [0.25, 0.3) is 0 Å². The van der Waals surface area contributed by atoms with Crippen LogP contribution in [0.15, 0.2) is 42.5 Å². The topological polar surface area (TPSA) is 82.8 Å². The number of carbonyl (C=O) groups is 2. The Labute approximate surface area is 197 Å². The number of rotatable bonds is 8. The van der Waals surface area contributed by atoms with Gasteiger partial charge in [0.05, 0.1) is 16.9 Å². The zero-order valence-corrected chi connectivity index (χ0v) is 19.7. The maximum absolute atomic E-state index is 12.3. The molecule has 0 spiro atoms. The van der Waals surface area contributed by atoms with Crippen LogP contribution in [-0.2, 0) is 11.2 Å². The molecule has 32 heavy (non-hydrogen) atoms. The summed E-state index contributed by atoms with van der Waals surface area (Å²) in [6, 6.07) is 11.4. The quantitative estimate of drug-likeness (QED) is 0.393. The van der Waals surface area contributed by atoms with E-state index in [-0.39, 0.29) is 12.3 Å². The van der Waals surface area contributed by atoms with Crippen molar-refractivity contribution >= 4 is 51.9 Å². The van der Waals surface area contributed by atoms with E-state index in [2.05, 4.69) is 0 Å². The normalized spacial score (nSPS) is 12.3. The van der Waals surface area contributed by atoms with Crippen LogP contribution in [0.1, 0.15) is 38.4 Å². The molecule has 0 radical (unpaired) electrons. The van der Waals surface area contributed by atoms with Crippen molar-refractivity contribution in [2.75, 3.05) is 11.4 Å². The van der Waals surface area contributed by atoms with E-state index in [1.165, 1.54) is 4.57 Å². The fourth-order valence-electron chi connectivity index (χ4n) is 4.23. The minimum absolute atomic E-state index is 0.146. The molecule has 3 rings (SSSR count). The molecule has 0 aliphatic heterocycles. The van der Waals surface area contributed by atoms with Crippen molar-refractivity contribution in [1.29, 1.82) is 0 Å². The Kier molecular flexibility index (Phi) is 7.36. The molecule has 1 unspecified atom stereocenters. The van der Waals surface area contributed by atoms with E-state index in [1.54, 1.807) is 35.2 Å². The third kappa shape index (κ3) is 4.87. The van der Waals surface area contributed by atoms with Gasteiger partial charge in [-0.05, 0) is 49.1 Å². The Morgan fingerprint density at radius 1 is 1.06 bits per heavy atom. The second-order valence-electron chi connectivity index (χ2n) is 8.15. The van der Waals surface area contributed by atoms with Crippen LogP contribution in [0.25, 0.3) is 10.9 Å². The Morgan fingerprint density at radius 3 is 2.22 bits per heavy atom. The van der Waals surface area contributed by atoms with Crippen LogP contribution >= 0.6 is 23.2 Å². The van der Waals surface area contributed by atoms with E-state index in [4.69, 9.17) is 23.2 Å². The molecule has 8 heteroatoms. The molecule has 2 aromatic carbocycles. The molecule has 1 heterocycles. The summed E-state index contributed by atoms with van der Waals surface area (Å²) in [5.41, 5.74) is 2.33. The maximum Gasteiger partial charge on any atom is 0.416 e. The molecular formula is C24H26Cl2N2O4. The highest BCUT2D eigenvalue weighted by Crippen LogP contribution is 2.38. The van der Waals surface area contributed by atoms with Gasteiger partial charge >= 0.3 is 12.1 Å². The van der Waals surface area contributed by atoms with Gasteiger partial charge in [-0.1, -0.05) is 55.2 Å². The first-order valence-corrected chi connectivity index (χ1v) is 11.2. The van der Waals surface area contributed by atoms with Crippen molar-refractivity contribution in [1.82, 2.24) is 4.57 Å². The summed E-state index contributed by atoms with van der Waals surface area (Å²) >= 11 is 12.4. The molecule has 1 atom stereocenters. The van der Waals surface area contributed by atoms with Gasteiger partial charge in [0, 0.05) is 28.4 Å². The standard InChI is InChI=1S/C24H26Cl2N2O4/c1-4-27(21(23(29)30)9-14(2)3)22-18-7-5-6-8-19(18)28(24(31)32)20(22)12-15-10-16(25)13-17(26)11-15/h5-8,10-11,13-14,21H,4,9,12H2,1-3H3,(H,29,30)(H,31,32). The van der Waals surface area contributed by atoms with Crippen LogP contribution in [0, 0.1) is 5.92 Å². The molecule has 0 bridgehead atoms. The zero-order valence-electron chi connectivity index (χ0n) is 18.2. The molecule has 0 aliphatic carbocycles. The highest BCUT2D eigenvalue weighted by atomic mass is 35.5. The summed E-state index contributed by atoms with van der Waals surface area (Å²) in [4.78, 5) is 26.4. The minimum atomic E-state index is -1.14. The Morgan fingerprint density at radius 2 is 1.69 bits per heavy atom. The van der Waals surface area contributed by atoms with Gasteiger partial charge in [0.2, 0.25) is 0 Å². The fraction of sp³-hybridized carbons (Fsp3) is 0.333. The number of hydrogen-bond acceptors (Lipinski definition) is 3. The first-order chi connectivity index (χ1) is 15.1. The zero-order chi connectivity index (χ0) is 23.6. The van der Waals surface area contributed by atoms with E-state index >= 15 is 0 Å². The number of hydrogen-bond donors (Lipinski definition) is 2. The Bertz CT molecular complexity index is 1140. The van der Waals surface area contributed by atoms with Crippen LogP contribution in [-0.4, -0.2) is 39.4 Å². The molecule has 0 fully saturated rings. The summed E-state index contributed by atoms with van der Waals surface area (Å²) < 4.78 is 1.23. The fourth-order valence-corrected chi connectivity index (χ4v) is 4.80. The average Bonchev–Trinajstić information content (AvgIpc) is 3.00. The number of para-hydroxylation sites is 1. The van der Waals surface area contributed by atoms with Crippen LogP contribution in [0.2, 0.25) is 10.0 Å². The average molecular weight is 477 g/mol. The molecule has 3 aromatic rings. The highest BCUT2D eigenvalue weighted by Gasteiger charge is 2.32. The van der Waals surface area contributed by atoms with Crippen molar-refractivity contribution < 1.29 is 19.8 Å². The first-order valence-electron chi connectivity index (χ1n) is 10.4. The van der Waals surface area contributed by atoms with Gasteiger partial charge in [-0.25, -0.2) is 14.2 Å². The Hall–Kier alpha value is -2.70. The predicted molar refractivity (Wildman–Crippen MR) is 129 cm³/mol. The predicted octanol–water partition coefficient (Wildman–Crippen LogP) is 6.39. The third-order valence-electron chi connectivity index (χ3n) is 5.41. The number of carboxylic acids is 1. The van der Waals surface area contributed by atoms with Gasteiger partial charge in [0.1, 0.15) is 6.04 Å². The molecule has 0 aliphatic rings. The number of anilines is 1. The van der Waals surface area contributed by atoms with E-state index in [9.17, 15) is 19.8 Å². The largest absolute Gasteiger partial charge is 0.480 e. The molecule has 0 saturated heterocycles. The Balaban J connectivity index is 2.31. The van der Waals surface area contributed by atoms with E-state index in [0.717, 1.165) is 5.56 Å². The van der Waals surface area contributed by atoms with E-state index in [1.807, 2.05) is 32.9 Å². The van der Waals surface area contributed by atoms with Crippen molar-refractivity contribution in [2.24, 2.45) is 5.92 Å². The van der Waals surface area contributed by atoms with Crippen LogP contribution in [0.4, 0.5) is 10.5 Å².